The first-order valence-electron chi connectivity index (χ1n) is 7.87. The van der Waals surface area contributed by atoms with Crippen molar-refractivity contribution in [1.29, 1.82) is 0 Å². The minimum absolute atomic E-state index is 0.0629. The second-order valence-corrected chi connectivity index (χ2v) is 6.25. The van der Waals surface area contributed by atoms with E-state index in [1.807, 2.05) is 38.1 Å². The number of amides is 2. The van der Waals surface area contributed by atoms with Crippen LogP contribution in [-0.4, -0.2) is 22.6 Å². The van der Waals surface area contributed by atoms with Crippen molar-refractivity contribution >= 4 is 23.3 Å². The molecule has 2 heterocycles. The van der Waals surface area contributed by atoms with Gasteiger partial charge in [0.2, 0.25) is 0 Å². The minimum atomic E-state index is -0.160. The lowest BCUT2D eigenvalue weighted by Crippen LogP contribution is -2.34. The van der Waals surface area contributed by atoms with E-state index < -0.39 is 0 Å². The van der Waals surface area contributed by atoms with Crippen molar-refractivity contribution < 1.29 is 9.32 Å². The summed E-state index contributed by atoms with van der Waals surface area (Å²) < 4.78 is 5.41. The van der Waals surface area contributed by atoms with Crippen LogP contribution in [0.5, 0.6) is 0 Å². The van der Waals surface area contributed by atoms with E-state index in [0.717, 1.165) is 36.3 Å². The molecule has 0 radical (unpaired) electrons. The van der Waals surface area contributed by atoms with Gasteiger partial charge in [-0.2, -0.15) is 0 Å². The third kappa shape index (κ3) is 3.34. The lowest BCUT2D eigenvalue weighted by Gasteiger charge is -2.23. The molecule has 0 spiro atoms. The molecule has 2 aromatic rings. The van der Waals surface area contributed by atoms with Gasteiger partial charge in [-0.1, -0.05) is 29.7 Å². The van der Waals surface area contributed by atoms with Gasteiger partial charge in [0, 0.05) is 12.6 Å². The number of rotatable bonds is 3. The van der Waals surface area contributed by atoms with Crippen LogP contribution in [0.1, 0.15) is 42.8 Å². The van der Waals surface area contributed by atoms with E-state index in [2.05, 4.69) is 10.5 Å². The molecule has 2 amide bonds. The van der Waals surface area contributed by atoms with Crippen LogP contribution in [0.2, 0.25) is 5.02 Å². The van der Waals surface area contributed by atoms with Gasteiger partial charge in [0.05, 0.1) is 22.4 Å². The van der Waals surface area contributed by atoms with Gasteiger partial charge in [-0.3, -0.25) is 0 Å². The number of hydrogen-bond donors (Lipinski definition) is 1. The van der Waals surface area contributed by atoms with Crippen molar-refractivity contribution in [2.75, 3.05) is 11.9 Å². The highest BCUT2D eigenvalue weighted by Gasteiger charge is 2.33. The number of carbonyl (C=O) groups excluding carboxylic acids is 1. The Hall–Kier alpha value is -2.01. The molecule has 5 nitrogen and oxygen atoms in total. The number of aryl methyl sites for hydroxylation is 2. The minimum Gasteiger partial charge on any atom is -0.359 e. The van der Waals surface area contributed by atoms with Crippen LogP contribution >= 0.6 is 11.6 Å². The standard InChI is InChI=1S/C17H20ClN3O2/c1-3-12-10-16(23-20-12)15-5-4-8-21(15)17(22)19-14-7-6-11(2)9-13(14)18/h6-7,9-10,15H,3-5,8H2,1-2H3,(H,19,22)/t15-/m1/s1. The predicted molar refractivity (Wildman–Crippen MR) is 89.8 cm³/mol. The summed E-state index contributed by atoms with van der Waals surface area (Å²) in [4.78, 5) is 14.4. The molecule has 1 atom stereocenters. The number of likely N-dealkylation sites (tertiary alicyclic amines) is 1. The Morgan fingerprint density at radius 2 is 2.30 bits per heavy atom. The average Bonchev–Trinajstić information content (AvgIpc) is 3.17. The molecule has 0 aliphatic carbocycles. The fourth-order valence-electron chi connectivity index (χ4n) is 2.87. The number of anilines is 1. The second kappa shape index (κ2) is 6.62. The number of nitrogens with zero attached hydrogens (tertiary/aromatic N) is 2. The molecule has 0 bridgehead atoms. The summed E-state index contributed by atoms with van der Waals surface area (Å²) in [6.07, 6.45) is 2.65. The molecule has 0 saturated carbocycles. The first-order chi connectivity index (χ1) is 11.1. The number of carbonyl (C=O) groups is 1. The van der Waals surface area contributed by atoms with Crippen LogP contribution in [0.4, 0.5) is 10.5 Å². The molecular weight excluding hydrogens is 314 g/mol. The Labute approximate surface area is 140 Å². The predicted octanol–water partition coefficient (Wildman–Crippen LogP) is 4.57. The van der Waals surface area contributed by atoms with Crippen molar-refractivity contribution in [3.05, 3.63) is 46.3 Å². The van der Waals surface area contributed by atoms with Crippen LogP contribution in [0.15, 0.2) is 28.8 Å². The Balaban J connectivity index is 1.75. The molecular formula is C17H20ClN3O2. The van der Waals surface area contributed by atoms with E-state index in [0.29, 0.717) is 17.3 Å². The zero-order chi connectivity index (χ0) is 16.4. The van der Waals surface area contributed by atoms with E-state index >= 15 is 0 Å². The fraction of sp³-hybridized carbons (Fsp3) is 0.412. The maximum Gasteiger partial charge on any atom is 0.322 e. The highest BCUT2D eigenvalue weighted by Crippen LogP contribution is 2.33. The summed E-state index contributed by atoms with van der Waals surface area (Å²) in [5.74, 6) is 0.754. The monoisotopic (exact) mass is 333 g/mol. The van der Waals surface area contributed by atoms with Gasteiger partial charge < -0.3 is 14.7 Å². The first kappa shape index (κ1) is 15.9. The van der Waals surface area contributed by atoms with Crippen molar-refractivity contribution in [3.63, 3.8) is 0 Å². The van der Waals surface area contributed by atoms with Crippen LogP contribution in [0, 0.1) is 6.92 Å². The Morgan fingerprint density at radius 1 is 1.48 bits per heavy atom. The lowest BCUT2D eigenvalue weighted by molar-refractivity contribution is 0.195. The normalized spacial score (nSPS) is 17.5. The van der Waals surface area contributed by atoms with Crippen molar-refractivity contribution in [1.82, 2.24) is 10.1 Å². The molecule has 0 unspecified atom stereocenters. The van der Waals surface area contributed by atoms with Crippen LogP contribution < -0.4 is 5.32 Å². The lowest BCUT2D eigenvalue weighted by atomic mass is 10.1. The largest absolute Gasteiger partial charge is 0.359 e. The van der Waals surface area contributed by atoms with E-state index in [-0.39, 0.29) is 12.1 Å². The van der Waals surface area contributed by atoms with Crippen molar-refractivity contribution in [2.24, 2.45) is 0 Å². The Bertz CT molecular complexity index is 714. The SMILES string of the molecule is CCc1cc([C@H]2CCCN2C(=O)Nc2ccc(C)cc2Cl)on1. The number of halogens is 1. The van der Waals surface area contributed by atoms with Crippen LogP contribution in [0.25, 0.3) is 0 Å². The number of nitrogens with one attached hydrogen (secondary N) is 1. The quantitative estimate of drug-likeness (QED) is 0.895. The van der Waals surface area contributed by atoms with Gasteiger partial charge in [0.15, 0.2) is 5.76 Å². The summed E-state index contributed by atoms with van der Waals surface area (Å²) in [6, 6.07) is 7.30. The van der Waals surface area contributed by atoms with Crippen molar-refractivity contribution in [3.8, 4) is 0 Å². The van der Waals surface area contributed by atoms with Gasteiger partial charge in [0.1, 0.15) is 0 Å². The number of hydrogen-bond acceptors (Lipinski definition) is 3. The molecule has 1 saturated heterocycles. The van der Waals surface area contributed by atoms with Gasteiger partial charge in [-0.15, -0.1) is 0 Å². The number of benzene rings is 1. The third-order valence-corrected chi connectivity index (χ3v) is 4.46. The maximum absolute atomic E-state index is 12.6. The summed E-state index contributed by atoms with van der Waals surface area (Å²) in [7, 11) is 0. The highest BCUT2D eigenvalue weighted by atomic mass is 35.5. The zero-order valence-corrected chi connectivity index (χ0v) is 14.1. The summed E-state index contributed by atoms with van der Waals surface area (Å²) in [5, 5.41) is 7.46. The first-order valence-corrected chi connectivity index (χ1v) is 8.25. The third-order valence-electron chi connectivity index (χ3n) is 4.15. The molecule has 23 heavy (non-hydrogen) atoms. The molecule has 1 fully saturated rings. The topological polar surface area (TPSA) is 58.4 Å². The summed E-state index contributed by atoms with van der Waals surface area (Å²) in [5.41, 5.74) is 2.59. The van der Waals surface area contributed by atoms with Crippen LogP contribution in [-0.2, 0) is 6.42 Å². The zero-order valence-electron chi connectivity index (χ0n) is 13.3. The average molecular weight is 334 g/mol. The molecule has 1 aliphatic rings. The summed E-state index contributed by atoms with van der Waals surface area (Å²) in [6.45, 7) is 4.69. The number of urea groups is 1. The second-order valence-electron chi connectivity index (χ2n) is 5.84. The van der Waals surface area contributed by atoms with Gasteiger partial charge in [-0.25, -0.2) is 4.79 Å². The van der Waals surface area contributed by atoms with Gasteiger partial charge >= 0.3 is 6.03 Å². The molecule has 1 N–H and O–H groups in total. The van der Waals surface area contributed by atoms with E-state index in [9.17, 15) is 4.79 Å². The van der Waals surface area contributed by atoms with Crippen LogP contribution in [0.3, 0.4) is 0 Å². The Kier molecular flexibility index (Phi) is 4.57. The molecule has 122 valence electrons. The van der Waals surface area contributed by atoms with E-state index in [4.69, 9.17) is 16.1 Å². The molecule has 6 heteroatoms. The number of aromatic nitrogens is 1. The van der Waals surface area contributed by atoms with E-state index in [1.54, 1.807) is 4.90 Å². The van der Waals surface area contributed by atoms with Crippen molar-refractivity contribution in [2.45, 2.75) is 39.2 Å². The Morgan fingerprint density at radius 3 is 3.00 bits per heavy atom. The maximum atomic E-state index is 12.6. The molecule has 3 rings (SSSR count). The van der Waals surface area contributed by atoms with E-state index in [1.165, 1.54) is 0 Å². The highest BCUT2D eigenvalue weighted by molar-refractivity contribution is 6.33. The molecule has 1 aromatic carbocycles. The van der Waals surface area contributed by atoms with Gasteiger partial charge in [-0.05, 0) is 43.9 Å². The summed E-state index contributed by atoms with van der Waals surface area (Å²) >= 11 is 6.19. The van der Waals surface area contributed by atoms with Gasteiger partial charge in [0.25, 0.3) is 0 Å². The molecule has 1 aliphatic heterocycles. The fourth-order valence-corrected chi connectivity index (χ4v) is 3.15. The molecule has 1 aromatic heterocycles. The smallest absolute Gasteiger partial charge is 0.322 e.